The molecule has 1 heterocycles. The van der Waals surface area contributed by atoms with E-state index in [2.05, 4.69) is 5.32 Å². The number of hydrogen-bond donors (Lipinski definition) is 1. The van der Waals surface area contributed by atoms with Gasteiger partial charge in [-0.15, -0.1) is 0 Å². The number of urea groups is 1. The van der Waals surface area contributed by atoms with Crippen LogP contribution in [0.1, 0.15) is 37.0 Å². The average molecular weight is 565 g/mol. The number of carbonyl (C=O) groups excluding carboxylic acids is 3. The Morgan fingerprint density at radius 2 is 1.52 bits per heavy atom. The zero-order chi connectivity index (χ0) is 29.5. The molecule has 0 aromatic heterocycles. The first-order valence-electron chi connectivity index (χ1n) is 13.9. The van der Waals surface area contributed by atoms with Crippen molar-refractivity contribution in [3.63, 3.8) is 0 Å². The highest BCUT2D eigenvalue weighted by Gasteiger charge is 2.36. The van der Waals surface area contributed by atoms with Gasteiger partial charge in [0.25, 0.3) is 11.8 Å². The van der Waals surface area contributed by atoms with Crippen molar-refractivity contribution in [2.75, 3.05) is 13.2 Å². The molecule has 4 aromatic rings. The van der Waals surface area contributed by atoms with Crippen molar-refractivity contribution >= 4 is 34.7 Å². The van der Waals surface area contributed by atoms with E-state index in [9.17, 15) is 14.4 Å². The van der Waals surface area contributed by atoms with Crippen LogP contribution in [0.15, 0.2) is 90.5 Å². The monoisotopic (exact) mass is 564 g/mol. The Balaban J connectivity index is 1.48. The first-order chi connectivity index (χ1) is 20.5. The summed E-state index contributed by atoms with van der Waals surface area (Å²) in [6, 6.07) is 25.6. The quantitative estimate of drug-likeness (QED) is 0.171. The van der Waals surface area contributed by atoms with Crippen LogP contribution in [0, 0.1) is 0 Å². The lowest BCUT2D eigenvalue weighted by Crippen LogP contribution is -2.53. The number of amides is 4. The largest absolute Gasteiger partial charge is 0.490 e. The van der Waals surface area contributed by atoms with Crippen LogP contribution in [0.2, 0.25) is 0 Å². The SMILES string of the molecule is CCCOc1ccc(CN2C(=O)NC(=O)/C(=C\c3c(OCc4ccccc4)ccc4ccccc34)C2=O)cc1OCC. The normalized spacial score (nSPS) is 14.3. The van der Waals surface area contributed by atoms with Gasteiger partial charge in [0.05, 0.1) is 19.8 Å². The zero-order valence-corrected chi connectivity index (χ0v) is 23.6. The van der Waals surface area contributed by atoms with Gasteiger partial charge in [0.15, 0.2) is 11.5 Å². The third-order valence-electron chi connectivity index (χ3n) is 6.75. The molecule has 0 unspecified atom stereocenters. The van der Waals surface area contributed by atoms with Gasteiger partial charge in [-0.1, -0.05) is 73.7 Å². The molecule has 1 N–H and O–H groups in total. The summed E-state index contributed by atoms with van der Waals surface area (Å²) in [6.45, 7) is 5.09. The summed E-state index contributed by atoms with van der Waals surface area (Å²) >= 11 is 0. The van der Waals surface area contributed by atoms with E-state index in [4.69, 9.17) is 14.2 Å². The van der Waals surface area contributed by atoms with Gasteiger partial charge in [0.2, 0.25) is 0 Å². The second kappa shape index (κ2) is 13.0. The van der Waals surface area contributed by atoms with Gasteiger partial charge < -0.3 is 14.2 Å². The molecule has 0 aliphatic carbocycles. The first kappa shape index (κ1) is 28.4. The predicted octanol–water partition coefficient (Wildman–Crippen LogP) is 6.27. The first-order valence-corrected chi connectivity index (χ1v) is 13.9. The fourth-order valence-electron chi connectivity index (χ4n) is 4.70. The molecule has 8 heteroatoms. The van der Waals surface area contributed by atoms with E-state index in [-0.39, 0.29) is 12.1 Å². The summed E-state index contributed by atoms with van der Waals surface area (Å²) in [5.74, 6) is 0.164. The summed E-state index contributed by atoms with van der Waals surface area (Å²) in [5, 5.41) is 4.04. The second-order valence-corrected chi connectivity index (χ2v) is 9.74. The molecule has 1 saturated heterocycles. The number of imide groups is 2. The van der Waals surface area contributed by atoms with Crippen molar-refractivity contribution in [3.05, 3.63) is 107 Å². The summed E-state index contributed by atoms with van der Waals surface area (Å²) in [4.78, 5) is 40.5. The Labute approximate surface area is 244 Å². The van der Waals surface area contributed by atoms with Crippen LogP contribution >= 0.6 is 0 Å². The van der Waals surface area contributed by atoms with Gasteiger partial charge in [0, 0.05) is 5.56 Å². The van der Waals surface area contributed by atoms with Crippen molar-refractivity contribution in [1.29, 1.82) is 0 Å². The van der Waals surface area contributed by atoms with Crippen molar-refractivity contribution < 1.29 is 28.6 Å². The second-order valence-electron chi connectivity index (χ2n) is 9.74. The highest BCUT2D eigenvalue weighted by atomic mass is 16.5. The molecule has 8 nitrogen and oxygen atoms in total. The summed E-state index contributed by atoms with van der Waals surface area (Å²) in [5.41, 5.74) is 2.04. The Morgan fingerprint density at radius 1 is 0.762 bits per heavy atom. The van der Waals surface area contributed by atoms with Crippen molar-refractivity contribution in [2.45, 2.75) is 33.4 Å². The lowest BCUT2D eigenvalue weighted by atomic mass is 9.99. The molecule has 1 aliphatic rings. The minimum absolute atomic E-state index is 0.0592. The van der Waals surface area contributed by atoms with Crippen LogP contribution < -0.4 is 19.5 Å². The van der Waals surface area contributed by atoms with Crippen molar-refractivity contribution in [3.8, 4) is 17.2 Å². The van der Waals surface area contributed by atoms with Crippen LogP contribution in [0.3, 0.4) is 0 Å². The minimum Gasteiger partial charge on any atom is -0.490 e. The Bertz CT molecular complexity index is 1650. The number of nitrogens with one attached hydrogen (secondary N) is 1. The van der Waals surface area contributed by atoms with E-state index in [1.165, 1.54) is 6.08 Å². The Kier molecular flexibility index (Phi) is 8.82. The van der Waals surface area contributed by atoms with Gasteiger partial charge in [0.1, 0.15) is 17.9 Å². The van der Waals surface area contributed by atoms with Crippen LogP contribution in [-0.2, 0) is 22.7 Å². The number of hydrogen-bond acceptors (Lipinski definition) is 6. The van der Waals surface area contributed by atoms with Gasteiger partial charge in [-0.25, -0.2) is 4.79 Å². The lowest BCUT2D eigenvalue weighted by molar-refractivity contribution is -0.130. The number of fused-ring (bicyclic) bond motifs is 1. The van der Waals surface area contributed by atoms with E-state index in [0.29, 0.717) is 48.2 Å². The maximum Gasteiger partial charge on any atom is 0.331 e. The fourth-order valence-corrected chi connectivity index (χ4v) is 4.70. The number of carbonyl (C=O) groups is 3. The molecule has 4 aromatic carbocycles. The molecule has 0 saturated carbocycles. The lowest BCUT2D eigenvalue weighted by Gasteiger charge is -2.27. The molecular formula is C34H32N2O6. The van der Waals surface area contributed by atoms with Crippen LogP contribution in [0.4, 0.5) is 4.79 Å². The van der Waals surface area contributed by atoms with E-state index in [0.717, 1.165) is 27.7 Å². The van der Waals surface area contributed by atoms with Gasteiger partial charge in [-0.3, -0.25) is 19.8 Å². The Morgan fingerprint density at radius 3 is 2.31 bits per heavy atom. The summed E-state index contributed by atoms with van der Waals surface area (Å²) in [6.07, 6.45) is 2.35. The van der Waals surface area contributed by atoms with E-state index < -0.39 is 17.8 Å². The molecule has 0 bridgehead atoms. The third-order valence-corrected chi connectivity index (χ3v) is 6.75. The van der Waals surface area contributed by atoms with Gasteiger partial charge in [-0.2, -0.15) is 0 Å². The number of barbiturate groups is 1. The van der Waals surface area contributed by atoms with Gasteiger partial charge >= 0.3 is 6.03 Å². The molecule has 0 atom stereocenters. The number of ether oxygens (including phenoxy) is 3. The summed E-state index contributed by atoms with van der Waals surface area (Å²) in [7, 11) is 0. The van der Waals surface area contributed by atoms with E-state index >= 15 is 0 Å². The molecule has 214 valence electrons. The Hall–Kier alpha value is -5.11. The molecule has 1 aliphatic heterocycles. The van der Waals surface area contributed by atoms with Crippen LogP contribution in [0.5, 0.6) is 17.2 Å². The number of benzene rings is 4. The summed E-state index contributed by atoms with van der Waals surface area (Å²) < 4.78 is 17.7. The number of nitrogens with zero attached hydrogens (tertiary/aromatic N) is 1. The molecule has 1 fully saturated rings. The van der Waals surface area contributed by atoms with Crippen molar-refractivity contribution in [1.82, 2.24) is 10.2 Å². The molecule has 0 spiro atoms. The maximum atomic E-state index is 13.7. The molecule has 5 rings (SSSR count). The van der Waals surface area contributed by atoms with E-state index in [1.54, 1.807) is 18.2 Å². The predicted molar refractivity (Wildman–Crippen MR) is 160 cm³/mol. The van der Waals surface area contributed by atoms with E-state index in [1.807, 2.05) is 80.6 Å². The topological polar surface area (TPSA) is 94.2 Å². The molecular weight excluding hydrogens is 532 g/mol. The highest BCUT2D eigenvalue weighted by Crippen LogP contribution is 2.33. The minimum atomic E-state index is -0.787. The molecule has 4 amide bonds. The maximum absolute atomic E-state index is 13.7. The zero-order valence-electron chi connectivity index (χ0n) is 23.6. The molecule has 42 heavy (non-hydrogen) atoms. The van der Waals surface area contributed by atoms with Gasteiger partial charge in [-0.05, 0) is 59.5 Å². The standard InChI is InChI=1S/C34H32N2O6/c1-3-18-41-30-16-14-24(19-31(30)40-4-2)21-36-33(38)28(32(37)35-34(36)39)20-27-26-13-9-8-12-25(26)15-17-29(27)42-22-23-10-6-5-7-11-23/h5-17,19-20H,3-4,18,21-22H2,1-2H3,(H,35,37,39)/b28-20+. The number of rotatable bonds is 11. The van der Waals surface area contributed by atoms with Crippen LogP contribution in [-0.4, -0.2) is 36.0 Å². The van der Waals surface area contributed by atoms with Crippen LogP contribution in [0.25, 0.3) is 16.8 Å². The van der Waals surface area contributed by atoms with Crippen molar-refractivity contribution in [2.24, 2.45) is 0 Å². The fraction of sp³-hybridized carbons (Fsp3) is 0.206. The molecule has 0 radical (unpaired) electrons. The third kappa shape index (κ3) is 6.28. The highest BCUT2D eigenvalue weighted by molar-refractivity contribution is 6.31. The smallest absolute Gasteiger partial charge is 0.331 e. The average Bonchev–Trinajstić information content (AvgIpc) is 3.00.